The highest BCUT2D eigenvalue weighted by Crippen LogP contribution is 2.22. The Hall–Kier alpha value is -1.82. The number of carbonyl (C=O) groups excluding carboxylic acids is 1. The van der Waals surface area contributed by atoms with Gasteiger partial charge >= 0.3 is 12.0 Å². The molecule has 0 fully saturated rings. The number of anilines is 1. The fraction of sp³-hybridized carbons (Fsp3) is 0.385. The number of nitrogens with one attached hydrogen (secondary N) is 1. The van der Waals surface area contributed by atoms with E-state index in [2.05, 4.69) is 5.32 Å². The van der Waals surface area contributed by atoms with Crippen molar-refractivity contribution >= 4 is 29.3 Å². The van der Waals surface area contributed by atoms with E-state index >= 15 is 0 Å². The van der Waals surface area contributed by atoms with Gasteiger partial charge in [-0.3, -0.25) is 4.79 Å². The van der Waals surface area contributed by atoms with Crippen LogP contribution in [0.25, 0.3) is 0 Å². The fourth-order valence-electron chi connectivity index (χ4n) is 1.55. The molecule has 0 saturated carbocycles. The van der Waals surface area contributed by atoms with E-state index in [0.29, 0.717) is 6.54 Å². The molecular weight excluding hydrogens is 287 g/mol. The lowest BCUT2D eigenvalue weighted by Gasteiger charge is -2.23. The number of halogens is 2. The van der Waals surface area contributed by atoms with Crippen LogP contribution in [0.1, 0.15) is 13.8 Å². The Morgan fingerprint density at radius 1 is 1.50 bits per heavy atom. The summed E-state index contributed by atoms with van der Waals surface area (Å²) >= 11 is 5.85. The summed E-state index contributed by atoms with van der Waals surface area (Å²) < 4.78 is 13.1. The van der Waals surface area contributed by atoms with Gasteiger partial charge in [-0.25, -0.2) is 9.18 Å². The number of benzene rings is 1. The number of carboxylic acids is 1. The quantitative estimate of drug-likeness (QED) is 0.878. The molecule has 0 radical (unpaired) electrons. The average molecular weight is 303 g/mol. The molecule has 0 saturated heterocycles. The van der Waals surface area contributed by atoms with Gasteiger partial charge in [-0.1, -0.05) is 18.5 Å². The van der Waals surface area contributed by atoms with E-state index in [0.717, 1.165) is 6.07 Å². The zero-order valence-corrected chi connectivity index (χ0v) is 11.9. The van der Waals surface area contributed by atoms with Gasteiger partial charge in [-0.2, -0.15) is 0 Å². The monoisotopic (exact) mass is 302 g/mol. The van der Waals surface area contributed by atoms with E-state index in [1.165, 1.54) is 24.0 Å². The van der Waals surface area contributed by atoms with E-state index in [4.69, 9.17) is 16.7 Å². The topological polar surface area (TPSA) is 69.6 Å². The zero-order chi connectivity index (χ0) is 15.3. The van der Waals surface area contributed by atoms with Gasteiger partial charge in [-0.05, 0) is 25.1 Å². The summed E-state index contributed by atoms with van der Waals surface area (Å²) in [7, 11) is 0. The molecule has 0 bridgehead atoms. The van der Waals surface area contributed by atoms with Gasteiger partial charge in [-0.15, -0.1) is 0 Å². The van der Waals surface area contributed by atoms with Crippen LogP contribution in [0.5, 0.6) is 0 Å². The Labute approximate surface area is 121 Å². The van der Waals surface area contributed by atoms with Crippen molar-refractivity contribution in [2.45, 2.75) is 13.8 Å². The number of carbonyl (C=O) groups is 2. The van der Waals surface area contributed by atoms with Crippen molar-refractivity contribution in [3.05, 3.63) is 29.0 Å². The van der Waals surface area contributed by atoms with Crippen LogP contribution in [0.2, 0.25) is 5.02 Å². The second-order valence-electron chi connectivity index (χ2n) is 4.33. The summed E-state index contributed by atoms with van der Waals surface area (Å²) in [6.07, 6.45) is 0. The standard InChI is InChI=1S/C13H16ClFN2O3/c1-3-17(7-8(2)12(18)19)13(20)16-11-6-9(15)4-5-10(11)14/h4-6,8H,3,7H2,1-2H3,(H,16,20)(H,18,19). The Kier molecular flexibility index (Phi) is 5.76. The minimum Gasteiger partial charge on any atom is -0.481 e. The summed E-state index contributed by atoms with van der Waals surface area (Å²) in [6, 6.07) is 3.10. The third-order valence-corrected chi connectivity index (χ3v) is 3.08. The highest BCUT2D eigenvalue weighted by molar-refractivity contribution is 6.33. The van der Waals surface area contributed by atoms with Crippen LogP contribution < -0.4 is 5.32 Å². The highest BCUT2D eigenvalue weighted by atomic mass is 35.5. The van der Waals surface area contributed by atoms with Crippen LogP contribution >= 0.6 is 11.6 Å². The fourth-order valence-corrected chi connectivity index (χ4v) is 1.72. The third-order valence-electron chi connectivity index (χ3n) is 2.75. The second kappa shape index (κ2) is 7.09. The largest absolute Gasteiger partial charge is 0.481 e. The number of aliphatic carboxylic acids is 1. The average Bonchev–Trinajstić information content (AvgIpc) is 2.39. The Morgan fingerprint density at radius 3 is 2.70 bits per heavy atom. The van der Waals surface area contributed by atoms with E-state index in [9.17, 15) is 14.0 Å². The van der Waals surface area contributed by atoms with Gasteiger partial charge in [0.2, 0.25) is 0 Å². The molecule has 1 aromatic rings. The maximum Gasteiger partial charge on any atom is 0.321 e. The van der Waals surface area contributed by atoms with Gasteiger partial charge < -0.3 is 15.3 Å². The molecule has 7 heteroatoms. The summed E-state index contributed by atoms with van der Waals surface area (Å²) in [4.78, 5) is 24.1. The molecule has 1 atom stereocenters. The molecule has 0 heterocycles. The Balaban J connectivity index is 2.77. The molecule has 20 heavy (non-hydrogen) atoms. The van der Waals surface area contributed by atoms with Gasteiger partial charge in [0.15, 0.2) is 0 Å². The van der Waals surface area contributed by atoms with Crippen molar-refractivity contribution in [2.75, 3.05) is 18.4 Å². The number of amides is 2. The molecule has 1 rings (SSSR count). The number of nitrogens with zero attached hydrogens (tertiary/aromatic N) is 1. The molecule has 0 aliphatic rings. The van der Waals surface area contributed by atoms with Crippen LogP contribution in [0, 0.1) is 11.7 Å². The van der Waals surface area contributed by atoms with Crippen molar-refractivity contribution in [3.8, 4) is 0 Å². The maximum absolute atomic E-state index is 13.1. The normalized spacial score (nSPS) is 11.8. The summed E-state index contributed by atoms with van der Waals surface area (Å²) in [5.74, 6) is -2.20. The van der Waals surface area contributed by atoms with E-state index in [1.807, 2.05) is 0 Å². The predicted molar refractivity (Wildman–Crippen MR) is 74.5 cm³/mol. The highest BCUT2D eigenvalue weighted by Gasteiger charge is 2.20. The molecule has 2 amide bonds. The van der Waals surface area contributed by atoms with E-state index in [-0.39, 0.29) is 17.3 Å². The van der Waals surface area contributed by atoms with Gasteiger partial charge in [0.1, 0.15) is 5.82 Å². The minimum atomic E-state index is -0.986. The molecule has 5 nitrogen and oxygen atoms in total. The van der Waals surface area contributed by atoms with Crippen LogP contribution in [-0.4, -0.2) is 35.1 Å². The zero-order valence-electron chi connectivity index (χ0n) is 11.2. The lowest BCUT2D eigenvalue weighted by molar-refractivity contribution is -0.141. The number of hydrogen-bond acceptors (Lipinski definition) is 2. The van der Waals surface area contributed by atoms with Crippen LogP contribution in [-0.2, 0) is 4.79 Å². The first-order valence-electron chi connectivity index (χ1n) is 6.09. The van der Waals surface area contributed by atoms with Crippen molar-refractivity contribution in [1.29, 1.82) is 0 Å². The first-order chi connectivity index (χ1) is 9.35. The van der Waals surface area contributed by atoms with Crippen molar-refractivity contribution < 1.29 is 19.1 Å². The minimum absolute atomic E-state index is 0.0601. The van der Waals surface area contributed by atoms with Crippen molar-refractivity contribution in [2.24, 2.45) is 5.92 Å². The van der Waals surface area contributed by atoms with Crippen molar-refractivity contribution in [1.82, 2.24) is 4.90 Å². The second-order valence-corrected chi connectivity index (χ2v) is 4.74. The smallest absolute Gasteiger partial charge is 0.321 e. The Bertz CT molecular complexity index is 510. The van der Waals surface area contributed by atoms with Gasteiger partial charge in [0, 0.05) is 13.1 Å². The molecule has 0 aromatic heterocycles. The van der Waals surface area contributed by atoms with E-state index in [1.54, 1.807) is 6.92 Å². The summed E-state index contributed by atoms with van der Waals surface area (Å²) in [5.41, 5.74) is 0.151. The summed E-state index contributed by atoms with van der Waals surface area (Å²) in [6.45, 7) is 3.62. The number of carboxylic acid groups (broad SMARTS) is 1. The predicted octanol–water partition coefficient (Wildman–Crippen LogP) is 3.05. The van der Waals surface area contributed by atoms with Crippen LogP contribution in [0.15, 0.2) is 18.2 Å². The SMILES string of the molecule is CCN(CC(C)C(=O)O)C(=O)Nc1cc(F)ccc1Cl. The number of hydrogen-bond donors (Lipinski definition) is 2. The lowest BCUT2D eigenvalue weighted by atomic mass is 10.2. The molecule has 1 unspecified atom stereocenters. The van der Waals surface area contributed by atoms with Gasteiger partial charge in [0.25, 0.3) is 0 Å². The molecule has 0 aliphatic carbocycles. The first-order valence-corrected chi connectivity index (χ1v) is 6.46. The summed E-state index contributed by atoms with van der Waals surface area (Å²) in [5, 5.41) is 11.5. The van der Waals surface area contributed by atoms with Gasteiger partial charge in [0.05, 0.1) is 16.6 Å². The number of rotatable bonds is 5. The van der Waals surface area contributed by atoms with E-state index < -0.39 is 23.7 Å². The van der Waals surface area contributed by atoms with Crippen LogP contribution in [0.4, 0.5) is 14.9 Å². The Morgan fingerprint density at radius 2 is 2.15 bits per heavy atom. The first kappa shape index (κ1) is 16.2. The molecular formula is C13H16ClFN2O3. The molecule has 110 valence electrons. The molecule has 0 aliphatic heterocycles. The van der Waals surface area contributed by atoms with Crippen molar-refractivity contribution in [3.63, 3.8) is 0 Å². The molecule has 2 N–H and O–H groups in total. The van der Waals surface area contributed by atoms with Crippen LogP contribution in [0.3, 0.4) is 0 Å². The lowest BCUT2D eigenvalue weighted by Crippen LogP contribution is -2.39. The third kappa shape index (κ3) is 4.38. The number of urea groups is 1. The molecule has 1 aromatic carbocycles. The molecule has 0 spiro atoms. The maximum atomic E-state index is 13.1.